The molecule has 0 radical (unpaired) electrons. The minimum atomic E-state index is -0.403. The van der Waals surface area contributed by atoms with Gasteiger partial charge in [0.15, 0.2) is 4.32 Å². The molecule has 1 heterocycles. The summed E-state index contributed by atoms with van der Waals surface area (Å²) in [6, 6.07) is 19.4. The van der Waals surface area contributed by atoms with Crippen LogP contribution in [0.3, 0.4) is 0 Å². The molecule has 0 spiro atoms. The average molecular weight is 470 g/mol. The number of amides is 1. The number of halogens is 2. The van der Waals surface area contributed by atoms with E-state index >= 15 is 0 Å². The molecule has 1 aliphatic heterocycles. The maximum Gasteiger partial charge on any atom is 0.270 e. The van der Waals surface area contributed by atoms with Crippen LogP contribution in [0.2, 0.25) is 5.02 Å². The highest BCUT2D eigenvalue weighted by molar-refractivity contribution is 8.27. The Bertz CT molecular complexity index is 1170. The van der Waals surface area contributed by atoms with Gasteiger partial charge in [0, 0.05) is 5.56 Å². The number of benzene rings is 3. The summed E-state index contributed by atoms with van der Waals surface area (Å²) in [4.78, 5) is 15.1. The van der Waals surface area contributed by atoms with Crippen LogP contribution in [0.1, 0.15) is 16.7 Å². The largest absolute Gasteiger partial charge is 0.489 e. The summed E-state index contributed by atoms with van der Waals surface area (Å²) < 4.78 is 20.0. The van der Waals surface area contributed by atoms with E-state index in [4.69, 9.17) is 28.6 Å². The van der Waals surface area contributed by atoms with E-state index in [1.54, 1.807) is 35.2 Å². The van der Waals surface area contributed by atoms with Crippen LogP contribution in [0.4, 0.5) is 10.1 Å². The van der Waals surface area contributed by atoms with Crippen LogP contribution in [-0.2, 0) is 11.4 Å². The normalized spacial score (nSPS) is 15.1. The van der Waals surface area contributed by atoms with E-state index in [-0.39, 0.29) is 12.5 Å². The van der Waals surface area contributed by atoms with Gasteiger partial charge in [0.1, 0.15) is 18.2 Å². The van der Waals surface area contributed by atoms with E-state index in [9.17, 15) is 9.18 Å². The van der Waals surface area contributed by atoms with Gasteiger partial charge in [-0.2, -0.15) is 0 Å². The number of anilines is 1. The van der Waals surface area contributed by atoms with Crippen LogP contribution in [0.5, 0.6) is 5.75 Å². The molecule has 3 nitrogen and oxygen atoms in total. The van der Waals surface area contributed by atoms with Crippen molar-refractivity contribution in [2.75, 3.05) is 4.90 Å². The van der Waals surface area contributed by atoms with E-state index in [0.29, 0.717) is 25.6 Å². The van der Waals surface area contributed by atoms with Gasteiger partial charge in [-0.05, 0) is 54.5 Å². The molecule has 31 heavy (non-hydrogen) atoms. The monoisotopic (exact) mass is 469 g/mol. The second-order valence-corrected chi connectivity index (χ2v) is 8.94. The standard InChI is InChI=1S/C24H17ClFNO2S2/c1-15-5-2-3-8-21(15)27-23(28)22(31-24(27)30)13-16-9-11-17(12-10-16)29-14-18-19(25)6-4-7-20(18)26/h2-13H,14H2,1H3/b22-13-. The third kappa shape index (κ3) is 4.66. The van der Waals surface area contributed by atoms with Gasteiger partial charge in [-0.15, -0.1) is 0 Å². The second kappa shape index (κ2) is 9.22. The number of nitrogens with zero attached hydrogens (tertiary/aromatic N) is 1. The molecule has 1 amide bonds. The van der Waals surface area contributed by atoms with Crippen molar-refractivity contribution in [1.82, 2.24) is 0 Å². The lowest BCUT2D eigenvalue weighted by molar-refractivity contribution is -0.113. The van der Waals surface area contributed by atoms with Crippen molar-refractivity contribution in [2.24, 2.45) is 0 Å². The van der Waals surface area contributed by atoms with Crippen molar-refractivity contribution in [3.05, 3.63) is 99.2 Å². The Morgan fingerprint density at radius 2 is 1.84 bits per heavy atom. The van der Waals surface area contributed by atoms with Gasteiger partial charge >= 0.3 is 0 Å². The molecule has 1 fully saturated rings. The van der Waals surface area contributed by atoms with Crippen molar-refractivity contribution in [3.8, 4) is 5.75 Å². The lowest BCUT2D eigenvalue weighted by atomic mass is 10.1. The SMILES string of the molecule is Cc1ccccc1N1C(=O)/C(=C/c2ccc(OCc3c(F)cccc3Cl)cc2)SC1=S. The van der Waals surface area contributed by atoms with E-state index < -0.39 is 5.82 Å². The zero-order valence-electron chi connectivity index (χ0n) is 16.5. The molecule has 3 aromatic rings. The third-order valence-electron chi connectivity index (χ3n) is 4.77. The average Bonchev–Trinajstić information content (AvgIpc) is 3.02. The molecule has 0 aromatic heterocycles. The van der Waals surface area contributed by atoms with Crippen LogP contribution < -0.4 is 9.64 Å². The molecule has 1 aliphatic rings. The van der Waals surface area contributed by atoms with Gasteiger partial charge in [0.25, 0.3) is 5.91 Å². The minimum absolute atomic E-state index is 0.0277. The van der Waals surface area contributed by atoms with E-state index in [2.05, 4.69) is 0 Å². The molecule has 0 unspecified atom stereocenters. The molecule has 156 valence electrons. The van der Waals surface area contributed by atoms with Crippen molar-refractivity contribution < 1.29 is 13.9 Å². The lowest BCUT2D eigenvalue weighted by Gasteiger charge is -2.16. The first-order valence-corrected chi connectivity index (χ1v) is 11.0. The predicted octanol–water partition coefficient (Wildman–Crippen LogP) is 6.77. The maximum atomic E-state index is 13.9. The number of para-hydroxylation sites is 1. The summed E-state index contributed by atoms with van der Waals surface area (Å²) in [6.07, 6.45) is 1.80. The highest BCUT2D eigenvalue weighted by atomic mass is 35.5. The minimum Gasteiger partial charge on any atom is -0.489 e. The number of hydrogen-bond acceptors (Lipinski definition) is 4. The van der Waals surface area contributed by atoms with E-state index in [0.717, 1.165) is 16.8 Å². The van der Waals surface area contributed by atoms with Crippen LogP contribution in [0.25, 0.3) is 6.08 Å². The molecule has 1 saturated heterocycles. The quantitative estimate of drug-likeness (QED) is 0.304. The van der Waals surface area contributed by atoms with E-state index in [1.807, 2.05) is 43.3 Å². The van der Waals surface area contributed by atoms with Crippen molar-refractivity contribution in [3.63, 3.8) is 0 Å². The predicted molar refractivity (Wildman–Crippen MR) is 129 cm³/mol. The Morgan fingerprint density at radius 1 is 1.10 bits per heavy atom. The summed E-state index contributed by atoms with van der Waals surface area (Å²) in [5, 5.41) is 0.326. The molecule has 0 bridgehead atoms. The molecule has 0 saturated carbocycles. The van der Waals surface area contributed by atoms with Crippen LogP contribution in [-0.4, -0.2) is 10.2 Å². The Balaban J connectivity index is 1.48. The molecular weight excluding hydrogens is 453 g/mol. The van der Waals surface area contributed by atoms with Gasteiger partial charge in [0.05, 0.1) is 15.6 Å². The zero-order chi connectivity index (χ0) is 22.0. The molecule has 3 aromatic carbocycles. The molecule has 7 heteroatoms. The maximum absolute atomic E-state index is 13.9. The summed E-state index contributed by atoms with van der Waals surface area (Å²) in [5.74, 6) is 0.0301. The molecule has 4 rings (SSSR count). The first-order chi connectivity index (χ1) is 14.9. The molecule has 0 aliphatic carbocycles. The first-order valence-electron chi connectivity index (χ1n) is 9.43. The molecular formula is C24H17ClFNO2S2. The Hall–Kier alpha value is -2.67. The van der Waals surface area contributed by atoms with Gasteiger partial charge in [-0.25, -0.2) is 4.39 Å². The first kappa shape index (κ1) is 21.6. The smallest absolute Gasteiger partial charge is 0.270 e. The number of aryl methyl sites for hydroxylation is 1. The fraction of sp³-hybridized carbons (Fsp3) is 0.0833. The summed E-state index contributed by atoms with van der Waals surface area (Å²) in [7, 11) is 0. The third-order valence-corrected chi connectivity index (χ3v) is 6.43. The van der Waals surface area contributed by atoms with Crippen LogP contribution >= 0.6 is 35.6 Å². The number of carbonyl (C=O) groups excluding carboxylic acids is 1. The van der Waals surface area contributed by atoms with Gasteiger partial charge in [0.2, 0.25) is 0 Å². The number of ether oxygens (including phenoxy) is 1. The Morgan fingerprint density at radius 3 is 2.55 bits per heavy atom. The van der Waals surface area contributed by atoms with Gasteiger partial charge < -0.3 is 4.74 Å². The Labute approximate surface area is 194 Å². The number of rotatable bonds is 5. The van der Waals surface area contributed by atoms with Crippen molar-refractivity contribution in [1.29, 1.82) is 0 Å². The van der Waals surface area contributed by atoms with Gasteiger partial charge in [-0.1, -0.05) is 72.0 Å². The fourth-order valence-corrected chi connectivity index (χ4v) is 4.63. The Kier molecular flexibility index (Phi) is 6.41. The van der Waals surface area contributed by atoms with E-state index in [1.165, 1.54) is 17.8 Å². The van der Waals surface area contributed by atoms with Crippen molar-refractivity contribution >= 4 is 57.6 Å². The van der Waals surface area contributed by atoms with Crippen LogP contribution in [0.15, 0.2) is 71.6 Å². The summed E-state index contributed by atoms with van der Waals surface area (Å²) in [6.45, 7) is 1.98. The topological polar surface area (TPSA) is 29.5 Å². The summed E-state index contributed by atoms with van der Waals surface area (Å²) >= 11 is 12.7. The highest BCUT2D eigenvalue weighted by Crippen LogP contribution is 2.37. The van der Waals surface area contributed by atoms with Crippen molar-refractivity contribution in [2.45, 2.75) is 13.5 Å². The highest BCUT2D eigenvalue weighted by Gasteiger charge is 2.33. The lowest BCUT2D eigenvalue weighted by Crippen LogP contribution is -2.28. The number of carbonyl (C=O) groups is 1. The number of hydrogen-bond donors (Lipinski definition) is 0. The number of thioether (sulfide) groups is 1. The second-order valence-electron chi connectivity index (χ2n) is 6.86. The molecule has 0 atom stereocenters. The zero-order valence-corrected chi connectivity index (χ0v) is 18.9. The molecule has 0 N–H and O–H groups in total. The fourth-order valence-electron chi connectivity index (χ4n) is 3.13. The van der Waals surface area contributed by atoms with Gasteiger partial charge in [-0.3, -0.25) is 9.69 Å². The number of thiocarbonyl (C=S) groups is 1. The van der Waals surface area contributed by atoms with Crippen LogP contribution in [0, 0.1) is 12.7 Å². The summed E-state index contributed by atoms with van der Waals surface area (Å²) in [5.41, 5.74) is 2.93.